The second-order valence-corrected chi connectivity index (χ2v) is 5.89. The van der Waals surface area contributed by atoms with Crippen LogP contribution in [0, 0.1) is 12.7 Å². The van der Waals surface area contributed by atoms with Crippen molar-refractivity contribution in [3.05, 3.63) is 54.5 Å². The molecule has 0 spiro atoms. The van der Waals surface area contributed by atoms with Crippen molar-refractivity contribution in [1.29, 1.82) is 0 Å². The standard InChI is InChI=1S/C17H18FN7/c1-13-21-16(11-17(22-13)25-6-2-5-20-25)24-9-7-23(8-10-24)15-4-3-14(18)12-19-15/h2-6,11-12H,7-10H2,1H3. The molecule has 1 fully saturated rings. The monoisotopic (exact) mass is 339 g/mol. The molecule has 0 bridgehead atoms. The zero-order chi connectivity index (χ0) is 17.2. The van der Waals surface area contributed by atoms with E-state index in [-0.39, 0.29) is 5.82 Å². The Labute approximate surface area is 144 Å². The second kappa shape index (κ2) is 6.46. The van der Waals surface area contributed by atoms with Crippen LogP contribution in [0.1, 0.15) is 5.82 Å². The number of hydrogen-bond donors (Lipinski definition) is 0. The van der Waals surface area contributed by atoms with Crippen molar-refractivity contribution in [1.82, 2.24) is 24.7 Å². The predicted octanol–water partition coefficient (Wildman–Crippen LogP) is 1.83. The topological polar surface area (TPSA) is 63.0 Å². The zero-order valence-electron chi connectivity index (χ0n) is 13.9. The predicted molar refractivity (Wildman–Crippen MR) is 92.5 cm³/mol. The normalized spacial score (nSPS) is 14.8. The average Bonchev–Trinajstić information content (AvgIpc) is 3.17. The molecule has 4 rings (SSSR count). The largest absolute Gasteiger partial charge is 0.353 e. The van der Waals surface area contributed by atoms with Gasteiger partial charge in [0.1, 0.15) is 23.3 Å². The lowest BCUT2D eigenvalue weighted by Crippen LogP contribution is -2.47. The molecular formula is C17H18FN7. The van der Waals surface area contributed by atoms with Crippen molar-refractivity contribution in [2.75, 3.05) is 36.0 Å². The van der Waals surface area contributed by atoms with E-state index in [4.69, 9.17) is 0 Å². The van der Waals surface area contributed by atoms with Crippen LogP contribution in [-0.4, -0.2) is 50.9 Å². The number of hydrogen-bond acceptors (Lipinski definition) is 6. The molecule has 0 aliphatic carbocycles. The van der Waals surface area contributed by atoms with E-state index in [2.05, 4.69) is 29.9 Å². The fourth-order valence-corrected chi connectivity index (χ4v) is 2.94. The summed E-state index contributed by atoms with van der Waals surface area (Å²) < 4.78 is 14.8. The van der Waals surface area contributed by atoms with Gasteiger partial charge in [-0.3, -0.25) is 0 Å². The third-order valence-corrected chi connectivity index (χ3v) is 4.19. The summed E-state index contributed by atoms with van der Waals surface area (Å²) in [5.41, 5.74) is 0. The van der Waals surface area contributed by atoms with Crippen molar-refractivity contribution in [3.8, 4) is 5.82 Å². The van der Waals surface area contributed by atoms with E-state index >= 15 is 0 Å². The fraction of sp³-hybridized carbons (Fsp3) is 0.294. The first-order valence-electron chi connectivity index (χ1n) is 8.16. The number of aromatic nitrogens is 5. The molecule has 1 saturated heterocycles. The lowest BCUT2D eigenvalue weighted by molar-refractivity contribution is 0.613. The molecule has 0 radical (unpaired) electrons. The number of halogens is 1. The molecule has 3 aromatic rings. The van der Waals surface area contributed by atoms with Crippen molar-refractivity contribution < 1.29 is 4.39 Å². The number of anilines is 2. The van der Waals surface area contributed by atoms with Crippen LogP contribution in [0.25, 0.3) is 5.82 Å². The van der Waals surface area contributed by atoms with Gasteiger partial charge in [0.25, 0.3) is 0 Å². The first-order valence-corrected chi connectivity index (χ1v) is 8.16. The molecule has 8 heteroatoms. The Bertz CT molecular complexity index is 840. The Balaban J connectivity index is 1.50. The van der Waals surface area contributed by atoms with Crippen molar-refractivity contribution in [3.63, 3.8) is 0 Å². The molecule has 0 N–H and O–H groups in total. The number of nitrogens with zero attached hydrogens (tertiary/aromatic N) is 7. The number of pyridine rings is 1. The maximum atomic E-state index is 13.0. The third-order valence-electron chi connectivity index (χ3n) is 4.19. The van der Waals surface area contributed by atoms with Crippen LogP contribution in [0.3, 0.4) is 0 Å². The summed E-state index contributed by atoms with van der Waals surface area (Å²) in [7, 11) is 0. The van der Waals surface area contributed by atoms with Crippen molar-refractivity contribution >= 4 is 11.6 Å². The molecule has 1 aliphatic rings. The van der Waals surface area contributed by atoms with Crippen molar-refractivity contribution in [2.24, 2.45) is 0 Å². The van der Waals surface area contributed by atoms with Gasteiger partial charge >= 0.3 is 0 Å². The van der Waals surface area contributed by atoms with Gasteiger partial charge in [0.05, 0.1) is 6.20 Å². The van der Waals surface area contributed by atoms with E-state index in [0.717, 1.165) is 43.6 Å². The zero-order valence-corrected chi connectivity index (χ0v) is 13.9. The van der Waals surface area contributed by atoms with Crippen LogP contribution in [0.4, 0.5) is 16.0 Å². The lowest BCUT2D eigenvalue weighted by atomic mass is 10.3. The summed E-state index contributed by atoms with van der Waals surface area (Å²) >= 11 is 0. The highest BCUT2D eigenvalue weighted by Crippen LogP contribution is 2.19. The Kier molecular flexibility index (Phi) is 4.01. The van der Waals surface area contributed by atoms with E-state index in [1.165, 1.54) is 12.3 Å². The van der Waals surface area contributed by atoms with E-state index in [9.17, 15) is 4.39 Å². The molecule has 0 atom stereocenters. The minimum Gasteiger partial charge on any atom is -0.353 e. The summed E-state index contributed by atoms with van der Waals surface area (Å²) in [6.45, 7) is 5.12. The molecule has 4 heterocycles. The number of piperazine rings is 1. The molecule has 3 aromatic heterocycles. The van der Waals surface area contributed by atoms with E-state index in [0.29, 0.717) is 5.82 Å². The fourth-order valence-electron chi connectivity index (χ4n) is 2.94. The minimum absolute atomic E-state index is 0.315. The summed E-state index contributed by atoms with van der Waals surface area (Å²) in [6.07, 6.45) is 4.85. The molecule has 0 aromatic carbocycles. The highest BCUT2D eigenvalue weighted by molar-refractivity contribution is 5.47. The molecule has 0 unspecified atom stereocenters. The van der Waals surface area contributed by atoms with Crippen LogP contribution in [0.15, 0.2) is 42.9 Å². The second-order valence-electron chi connectivity index (χ2n) is 5.89. The summed E-state index contributed by atoms with van der Waals surface area (Å²) in [5.74, 6) is 2.85. The highest BCUT2D eigenvalue weighted by atomic mass is 19.1. The number of rotatable bonds is 3. The maximum Gasteiger partial charge on any atom is 0.159 e. The molecule has 7 nitrogen and oxygen atoms in total. The van der Waals surface area contributed by atoms with Crippen LogP contribution in [0.5, 0.6) is 0 Å². The van der Waals surface area contributed by atoms with Crippen LogP contribution in [-0.2, 0) is 0 Å². The van der Waals surface area contributed by atoms with Gasteiger partial charge in [-0.15, -0.1) is 0 Å². The van der Waals surface area contributed by atoms with E-state index < -0.39 is 0 Å². The summed E-state index contributed by atoms with van der Waals surface area (Å²) in [4.78, 5) is 17.5. The quantitative estimate of drug-likeness (QED) is 0.725. The van der Waals surface area contributed by atoms with E-state index in [1.54, 1.807) is 16.9 Å². The summed E-state index contributed by atoms with van der Waals surface area (Å²) in [6, 6.07) is 6.98. The first kappa shape index (κ1) is 15.5. The van der Waals surface area contributed by atoms with Gasteiger partial charge in [-0.2, -0.15) is 5.10 Å². The Morgan fingerprint density at radius 1 is 0.960 bits per heavy atom. The van der Waals surface area contributed by atoms with Crippen molar-refractivity contribution in [2.45, 2.75) is 6.92 Å². The van der Waals surface area contributed by atoms with Gasteiger partial charge in [-0.1, -0.05) is 0 Å². The Morgan fingerprint density at radius 3 is 2.32 bits per heavy atom. The Hall–Kier alpha value is -3.03. The van der Waals surface area contributed by atoms with Gasteiger partial charge in [0.15, 0.2) is 5.82 Å². The SMILES string of the molecule is Cc1nc(N2CCN(c3ccc(F)cn3)CC2)cc(-n2cccn2)n1. The molecule has 0 saturated carbocycles. The third kappa shape index (κ3) is 3.28. The van der Waals surface area contributed by atoms with Gasteiger partial charge in [-0.25, -0.2) is 24.0 Å². The molecule has 0 amide bonds. The summed E-state index contributed by atoms with van der Waals surface area (Å²) in [5, 5.41) is 4.23. The van der Waals surface area contributed by atoms with Gasteiger partial charge < -0.3 is 9.80 Å². The Morgan fingerprint density at radius 2 is 1.68 bits per heavy atom. The van der Waals surface area contributed by atoms with Gasteiger partial charge in [0.2, 0.25) is 0 Å². The molecule has 1 aliphatic heterocycles. The highest BCUT2D eigenvalue weighted by Gasteiger charge is 2.20. The molecular weight excluding hydrogens is 321 g/mol. The van der Waals surface area contributed by atoms with E-state index in [1.807, 2.05) is 25.3 Å². The maximum absolute atomic E-state index is 13.0. The van der Waals surface area contributed by atoms with Crippen LogP contribution >= 0.6 is 0 Å². The smallest absolute Gasteiger partial charge is 0.159 e. The molecule has 128 valence electrons. The average molecular weight is 339 g/mol. The van der Waals surface area contributed by atoms with Crippen LogP contribution in [0.2, 0.25) is 0 Å². The van der Waals surface area contributed by atoms with Gasteiger partial charge in [0, 0.05) is 44.6 Å². The first-order chi connectivity index (χ1) is 12.2. The number of aryl methyl sites for hydroxylation is 1. The van der Waals surface area contributed by atoms with Crippen LogP contribution < -0.4 is 9.80 Å². The van der Waals surface area contributed by atoms with Gasteiger partial charge in [-0.05, 0) is 25.1 Å². The lowest BCUT2D eigenvalue weighted by Gasteiger charge is -2.36. The minimum atomic E-state index is -0.315. The molecule has 25 heavy (non-hydrogen) atoms.